The highest BCUT2D eigenvalue weighted by molar-refractivity contribution is 8.00. The minimum absolute atomic E-state index is 0.0739. The Morgan fingerprint density at radius 3 is 2.61 bits per heavy atom. The lowest BCUT2D eigenvalue weighted by atomic mass is 10.4. The van der Waals surface area contributed by atoms with Gasteiger partial charge in [0.1, 0.15) is 5.25 Å². The van der Waals surface area contributed by atoms with Gasteiger partial charge in [-0.15, -0.1) is 10.2 Å². The third-order valence-electron chi connectivity index (χ3n) is 3.17. The zero-order valence-electron chi connectivity index (χ0n) is 9.87. The summed E-state index contributed by atoms with van der Waals surface area (Å²) < 4.78 is 1.61. The van der Waals surface area contributed by atoms with Gasteiger partial charge in [0.05, 0.1) is 0 Å². The van der Waals surface area contributed by atoms with Crippen LogP contribution in [-0.2, 0) is 16.6 Å². The molecule has 1 saturated carbocycles. The lowest BCUT2D eigenvalue weighted by Crippen LogP contribution is -2.33. The van der Waals surface area contributed by atoms with Crippen molar-refractivity contribution in [2.45, 2.75) is 35.7 Å². The van der Waals surface area contributed by atoms with Crippen molar-refractivity contribution >= 4 is 29.5 Å². The van der Waals surface area contributed by atoms with Crippen LogP contribution in [0.1, 0.15) is 19.3 Å². The number of amides is 2. The molecule has 8 heteroatoms. The van der Waals surface area contributed by atoms with Crippen molar-refractivity contribution in [3.63, 3.8) is 0 Å². The van der Waals surface area contributed by atoms with E-state index in [1.165, 1.54) is 16.7 Å². The molecule has 1 aromatic rings. The van der Waals surface area contributed by atoms with Crippen LogP contribution in [0.2, 0.25) is 0 Å². The van der Waals surface area contributed by atoms with E-state index in [4.69, 9.17) is 5.73 Å². The number of anilines is 1. The first kappa shape index (κ1) is 11.5. The molecule has 1 aromatic heterocycles. The molecule has 2 amide bonds. The lowest BCUT2D eigenvalue weighted by molar-refractivity contribution is -0.138. The Labute approximate surface area is 108 Å². The number of nitrogen functional groups attached to an aromatic ring is 1. The number of rotatable bonds is 3. The molecule has 3 rings (SSSR count). The maximum absolute atomic E-state index is 12.1. The predicted octanol–water partition coefficient (Wildman–Crippen LogP) is -0.221. The van der Waals surface area contributed by atoms with E-state index < -0.39 is 0 Å². The monoisotopic (exact) mass is 267 g/mol. The third kappa shape index (κ3) is 1.76. The van der Waals surface area contributed by atoms with Crippen LogP contribution in [0.3, 0.4) is 0 Å². The molecule has 1 unspecified atom stereocenters. The second-order valence-corrected chi connectivity index (χ2v) is 5.71. The van der Waals surface area contributed by atoms with Crippen molar-refractivity contribution in [2.24, 2.45) is 7.05 Å². The summed E-state index contributed by atoms with van der Waals surface area (Å²) >= 11 is 1.26. The van der Waals surface area contributed by atoms with E-state index in [9.17, 15) is 9.59 Å². The number of thioether (sulfide) groups is 1. The summed E-state index contributed by atoms with van der Waals surface area (Å²) in [5.74, 6) is 0.123. The Kier molecular flexibility index (Phi) is 2.54. The highest BCUT2D eigenvalue weighted by Crippen LogP contribution is 2.37. The fraction of sp³-hybridized carbons (Fsp3) is 0.600. The standard InChI is InChI=1S/C10H13N5O2S/c1-14-9(11)12-13-10(14)18-6-4-7(16)15(8(6)17)5-2-3-5/h5-6H,2-4H2,1H3,(H2,11,12). The molecule has 2 aliphatic rings. The molecule has 1 aliphatic heterocycles. The van der Waals surface area contributed by atoms with Gasteiger partial charge >= 0.3 is 0 Å². The van der Waals surface area contributed by atoms with Crippen LogP contribution in [0.15, 0.2) is 5.16 Å². The minimum Gasteiger partial charge on any atom is -0.368 e. The molecule has 0 aromatic carbocycles. The molecule has 96 valence electrons. The van der Waals surface area contributed by atoms with Crippen LogP contribution >= 0.6 is 11.8 Å². The van der Waals surface area contributed by atoms with Crippen LogP contribution in [0.5, 0.6) is 0 Å². The quantitative estimate of drug-likeness (QED) is 0.761. The zero-order valence-corrected chi connectivity index (χ0v) is 10.7. The van der Waals surface area contributed by atoms with Gasteiger partial charge in [-0.2, -0.15) is 0 Å². The van der Waals surface area contributed by atoms with Crippen LogP contribution in [-0.4, -0.2) is 42.8 Å². The minimum atomic E-state index is -0.389. The zero-order chi connectivity index (χ0) is 12.9. The topological polar surface area (TPSA) is 94.1 Å². The molecule has 1 saturated heterocycles. The summed E-state index contributed by atoms with van der Waals surface area (Å²) in [5, 5.41) is 7.80. The maximum atomic E-state index is 12.1. The highest BCUT2D eigenvalue weighted by Gasteiger charge is 2.46. The first-order valence-electron chi connectivity index (χ1n) is 5.75. The second kappa shape index (κ2) is 3.98. The summed E-state index contributed by atoms with van der Waals surface area (Å²) in [5.41, 5.74) is 5.58. The first-order valence-corrected chi connectivity index (χ1v) is 6.63. The number of imide groups is 1. The number of hydrogen-bond donors (Lipinski definition) is 1. The fourth-order valence-electron chi connectivity index (χ4n) is 1.99. The van der Waals surface area contributed by atoms with Crippen LogP contribution in [0, 0.1) is 0 Å². The van der Waals surface area contributed by atoms with Gasteiger partial charge < -0.3 is 5.73 Å². The van der Waals surface area contributed by atoms with Crippen LogP contribution in [0.4, 0.5) is 5.95 Å². The van der Waals surface area contributed by atoms with Gasteiger partial charge in [0.25, 0.3) is 0 Å². The summed E-state index contributed by atoms with van der Waals surface area (Å²) in [6, 6.07) is 0.139. The number of carbonyl (C=O) groups is 2. The average Bonchev–Trinajstić information content (AvgIpc) is 3.06. The average molecular weight is 267 g/mol. The number of likely N-dealkylation sites (tertiary alicyclic amines) is 1. The fourth-order valence-corrected chi connectivity index (χ4v) is 3.02. The van der Waals surface area contributed by atoms with E-state index in [-0.39, 0.29) is 29.5 Å². The van der Waals surface area contributed by atoms with Gasteiger partial charge in [0, 0.05) is 19.5 Å². The Hall–Kier alpha value is -1.57. The van der Waals surface area contributed by atoms with Crippen molar-refractivity contribution in [2.75, 3.05) is 5.73 Å². The normalized spacial score (nSPS) is 24.1. The van der Waals surface area contributed by atoms with Gasteiger partial charge in [0.15, 0.2) is 5.16 Å². The van der Waals surface area contributed by atoms with Crippen molar-refractivity contribution in [1.82, 2.24) is 19.7 Å². The van der Waals surface area contributed by atoms with Gasteiger partial charge in [0.2, 0.25) is 17.8 Å². The van der Waals surface area contributed by atoms with Gasteiger partial charge in [-0.3, -0.25) is 19.1 Å². The Morgan fingerprint density at radius 1 is 1.33 bits per heavy atom. The van der Waals surface area contributed by atoms with E-state index in [2.05, 4.69) is 10.2 Å². The smallest absolute Gasteiger partial charge is 0.243 e. The number of nitrogens with zero attached hydrogens (tertiary/aromatic N) is 4. The summed E-state index contributed by atoms with van der Waals surface area (Å²) in [6.45, 7) is 0. The Bertz CT molecular complexity index is 524. The Morgan fingerprint density at radius 2 is 2.06 bits per heavy atom. The molecular weight excluding hydrogens is 254 g/mol. The van der Waals surface area contributed by atoms with E-state index in [1.54, 1.807) is 11.6 Å². The second-order valence-electron chi connectivity index (χ2n) is 4.54. The number of aromatic nitrogens is 3. The third-order valence-corrected chi connectivity index (χ3v) is 4.39. The van der Waals surface area contributed by atoms with E-state index >= 15 is 0 Å². The van der Waals surface area contributed by atoms with Crippen molar-refractivity contribution in [3.8, 4) is 0 Å². The molecule has 1 aliphatic carbocycles. The first-order chi connectivity index (χ1) is 8.58. The number of hydrogen-bond acceptors (Lipinski definition) is 6. The van der Waals surface area contributed by atoms with E-state index in [1.807, 2.05) is 0 Å². The van der Waals surface area contributed by atoms with Crippen molar-refractivity contribution in [3.05, 3.63) is 0 Å². The molecular formula is C10H13N5O2S. The van der Waals surface area contributed by atoms with Crippen LogP contribution < -0.4 is 5.73 Å². The molecule has 0 radical (unpaired) electrons. The molecule has 0 bridgehead atoms. The Balaban J connectivity index is 1.76. The SMILES string of the molecule is Cn1c(N)nnc1SC1CC(=O)N(C2CC2)C1=O. The largest absolute Gasteiger partial charge is 0.368 e. The summed E-state index contributed by atoms with van der Waals surface area (Å²) in [4.78, 5) is 25.3. The summed E-state index contributed by atoms with van der Waals surface area (Å²) in [7, 11) is 1.73. The predicted molar refractivity (Wildman–Crippen MR) is 64.6 cm³/mol. The molecule has 2 N–H and O–H groups in total. The molecule has 2 fully saturated rings. The lowest BCUT2D eigenvalue weighted by Gasteiger charge is -2.12. The molecule has 1 atom stereocenters. The summed E-state index contributed by atoms with van der Waals surface area (Å²) in [6.07, 6.45) is 2.12. The van der Waals surface area contributed by atoms with Crippen LogP contribution in [0.25, 0.3) is 0 Å². The van der Waals surface area contributed by atoms with Gasteiger partial charge in [-0.05, 0) is 12.8 Å². The van der Waals surface area contributed by atoms with E-state index in [0.29, 0.717) is 11.1 Å². The molecule has 0 spiro atoms. The molecule has 18 heavy (non-hydrogen) atoms. The van der Waals surface area contributed by atoms with E-state index in [0.717, 1.165) is 12.8 Å². The highest BCUT2D eigenvalue weighted by atomic mass is 32.2. The maximum Gasteiger partial charge on any atom is 0.243 e. The molecule has 2 heterocycles. The molecule has 7 nitrogen and oxygen atoms in total. The van der Waals surface area contributed by atoms with Crippen molar-refractivity contribution < 1.29 is 9.59 Å². The van der Waals surface area contributed by atoms with Gasteiger partial charge in [-0.25, -0.2) is 0 Å². The number of carbonyl (C=O) groups excluding carboxylic acids is 2. The number of nitrogens with two attached hydrogens (primary N) is 1. The van der Waals surface area contributed by atoms with Crippen molar-refractivity contribution in [1.29, 1.82) is 0 Å². The van der Waals surface area contributed by atoms with Gasteiger partial charge in [-0.1, -0.05) is 11.8 Å².